The molecule has 0 aromatic rings. The number of hydrogen-bond donors (Lipinski definition) is 1. The molecule has 0 aromatic carbocycles. The first kappa shape index (κ1) is 17.9. The van der Waals surface area contributed by atoms with E-state index in [-0.39, 0.29) is 0 Å². The van der Waals surface area contributed by atoms with Crippen LogP contribution in [0.1, 0.15) is 46.5 Å². The van der Waals surface area contributed by atoms with E-state index >= 15 is 0 Å². The van der Waals surface area contributed by atoms with Crippen LogP contribution in [0.4, 0.5) is 0 Å². The molecule has 110 valence electrons. The number of unbranched alkanes of at least 4 members (excludes halogenated alkanes) is 1. The van der Waals surface area contributed by atoms with Crippen molar-refractivity contribution in [1.29, 1.82) is 0 Å². The van der Waals surface area contributed by atoms with Crippen LogP contribution in [0, 0.1) is 0 Å². The third-order valence-corrected chi connectivity index (χ3v) is 3.32. The highest BCUT2D eigenvalue weighted by molar-refractivity contribution is 4.63. The van der Waals surface area contributed by atoms with E-state index in [2.05, 4.69) is 50.0 Å². The molecule has 0 heterocycles. The predicted molar refractivity (Wildman–Crippen MR) is 82.3 cm³/mol. The van der Waals surface area contributed by atoms with Crippen molar-refractivity contribution in [3.05, 3.63) is 0 Å². The van der Waals surface area contributed by atoms with Crippen molar-refractivity contribution < 1.29 is 0 Å². The van der Waals surface area contributed by atoms with Gasteiger partial charge in [-0.25, -0.2) is 0 Å². The normalized spacial score (nSPS) is 13.5. The molecule has 1 N–H and O–H groups in total. The van der Waals surface area contributed by atoms with E-state index in [9.17, 15) is 0 Å². The van der Waals surface area contributed by atoms with Crippen molar-refractivity contribution in [3.63, 3.8) is 0 Å². The maximum absolute atomic E-state index is 3.48. The van der Waals surface area contributed by atoms with Gasteiger partial charge in [-0.05, 0) is 59.9 Å². The van der Waals surface area contributed by atoms with Crippen LogP contribution in [-0.4, -0.2) is 62.7 Å². The summed E-state index contributed by atoms with van der Waals surface area (Å²) in [5.74, 6) is 0. The van der Waals surface area contributed by atoms with Crippen LogP contribution in [0.2, 0.25) is 0 Å². The molecule has 3 heteroatoms. The molecule has 18 heavy (non-hydrogen) atoms. The minimum absolute atomic E-state index is 0.677. The van der Waals surface area contributed by atoms with Crippen LogP contribution >= 0.6 is 0 Å². The summed E-state index contributed by atoms with van der Waals surface area (Å²) >= 11 is 0. The quantitative estimate of drug-likeness (QED) is 0.542. The highest BCUT2D eigenvalue weighted by Crippen LogP contribution is 2.03. The molecule has 0 bridgehead atoms. The Bertz CT molecular complexity index is 171. The third kappa shape index (κ3) is 11.0. The van der Waals surface area contributed by atoms with Gasteiger partial charge < -0.3 is 15.1 Å². The molecular weight excluding hydrogens is 222 g/mol. The second kappa shape index (κ2) is 11.9. The van der Waals surface area contributed by atoms with Crippen LogP contribution in [0.15, 0.2) is 0 Å². The van der Waals surface area contributed by atoms with Gasteiger partial charge in [-0.2, -0.15) is 0 Å². The number of nitrogens with one attached hydrogen (secondary N) is 1. The second-order valence-corrected chi connectivity index (χ2v) is 5.60. The maximum atomic E-state index is 3.48. The van der Waals surface area contributed by atoms with E-state index in [1.54, 1.807) is 0 Å². The molecule has 0 amide bonds. The second-order valence-electron chi connectivity index (χ2n) is 5.60. The lowest BCUT2D eigenvalue weighted by Gasteiger charge is -2.23. The predicted octanol–water partition coefficient (Wildman–Crippen LogP) is 2.43. The van der Waals surface area contributed by atoms with Crippen LogP contribution in [0.5, 0.6) is 0 Å². The largest absolute Gasteiger partial charge is 0.315 e. The van der Waals surface area contributed by atoms with E-state index in [0.29, 0.717) is 6.04 Å². The van der Waals surface area contributed by atoms with Crippen molar-refractivity contribution in [2.24, 2.45) is 0 Å². The zero-order valence-electron chi connectivity index (χ0n) is 13.3. The third-order valence-electron chi connectivity index (χ3n) is 3.32. The number of rotatable bonds is 12. The number of nitrogens with zero attached hydrogens (tertiary/aromatic N) is 2. The molecule has 0 rings (SSSR count). The lowest BCUT2D eigenvalue weighted by atomic mass is 10.1. The highest BCUT2D eigenvalue weighted by Gasteiger charge is 2.05. The summed E-state index contributed by atoms with van der Waals surface area (Å²) in [6.07, 6.45) is 5.25. The first-order chi connectivity index (χ1) is 8.60. The van der Waals surface area contributed by atoms with Gasteiger partial charge in [-0.3, -0.25) is 0 Å². The van der Waals surface area contributed by atoms with Crippen LogP contribution in [0.25, 0.3) is 0 Å². The van der Waals surface area contributed by atoms with Gasteiger partial charge in [0.1, 0.15) is 0 Å². The molecule has 0 fully saturated rings. The van der Waals surface area contributed by atoms with E-state index < -0.39 is 0 Å². The van der Waals surface area contributed by atoms with Crippen molar-refractivity contribution in [2.45, 2.75) is 52.5 Å². The summed E-state index contributed by atoms with van der Waals surface area (Å²) in [7, 11) is 4.31. The Morgan fingerprint density at radius 3 is 2.22 bits per heavy atom. The minimum atomic E-state index is 0.677. The zero-order chi connectivity index (χ0) is 13.8. The summed E-state index contributed by atoms with van der Waals surface area (Å²) in [6.45, 7) is 12.7. The molecule has 1 unspecified atom stereocenters. The molecule has 0 radical (unpaired) electrons. The first-order valence-electron chi connectivity index (χ1n) is 7.70. The number of likely N-dealkylation sites (N-methyl/N-ethyl adjacent to an activating group) is 1. The maximum Gasteiger partial charge on any atom is 0.0109 e. The molecule has 0 saturated carbocycles. The molecular formula is C15H35N3. The molecule has 1 atom stereocenters. The first-order valence-corrected chi connectivity index (χ1v) is 7.70. The molecule has 0 aliphatic heterocycles. The average Bonchev–Trinajstić information content (AvgIpc) is 2.31. The Hall–Kier alpha value is -0.120. The lowest BCUT2D eigenvalue weighted by Crippen LogP contribution is -2.33. The van der Waals surface area contributed by atoms with E-state index in [4.69, 9.17) is 0 Å². The van der Waals surface area contributed by atoms with Crippen LogP contribution in [-0.2, 0) is 0 Å². The van der Waals surface area contributed by atoms with Gasteiger partial charge >= 0.3 is 0 Å². The average molecular weight is 257 g/mol. The van der Waals surface area contributed by atoms with Gasteiger partial charge in [0.05, 0.1) is 0 Å². The van der Waals surface area contributed by atoms with Gasteiger partial charge in [0.2, 0.25) is 0 Å². The van der Waals surface area contributed by atoms with E-state index in [1.165, 1.54) is 51.9 Å². The van der Waals surface area contributed by atoms with Crippen molar-refractivity contribution >= 4 is 0 Å². The fourth-order valence-electron chi connectivity index (χ4n) is 2.23. The van der Waals surface area contributed by atoms with Crippen molar-refractivity contribution in [1.82, 2.24) is 15.1 Å². The van der Waals surface area contributed by atoms with Gasteiger partial charge in [0.25, 0.3) is 0 Å². The summed E-state index contributed by atoms with van der Waals surface area (Å²) in [5.41, 5.74) is 0. The van der Waals surface area contributed by atoms with Gasteiger partial charge in [0, 0.05) is 19.1 Å². The molecule has 0 aromatic heterocycles. The summed E-state index contributed by atoms with van der Waals surface area (Å²) in [4.78, 5) is 4.88. The van der Waals surface area contributed by atoms with Crippen LogP contribution < -0.4 is 5.32 Å². The monoisotopic (exact) mass is 257 g/mol. The Kier molecular flexibility index (Phi) is 11.9. The summed E-state index contributed by atoms with van der Waals surface area (Å²) in [5, 5.41) is 3.48. The van der Waals surface area contributed by atoms with Crippen molar-refractivity contribution in [3.8, 4) is 0 Å². The molecule has 0 spiro atoms. The molecule has 0 aliphatic rings. The Balaban J connectivity index is 3.62. The van der Waals surface area contributed by atoms with Gasteiger partial charge in [0.15, 0.2) is 0 Å². The lowest BCUT2D eigenvalue weighted by molar-refractivity contribution is 0.235. The Morgan fingerprint density at radius 1 is 0.944 bits per heavy atom. The molecule has 0 saturated heterocycles. The minimum Gasteiger partial charge on any atom is -0.315 e. The van der Waals surface area contributed by atoms with Gasteiger partial charge in [-0.15, -0.1) is 0 Å². The fourth-order valence-corrected chi connectivity index (χ4v) is 2.23. The Labute approximate surface area is 115 Å². The topological polar surface area (TPSA) is 18.5 Å². The summed E-state index contributed by atoms with van der Waals surface area (Å²) < 4.78 is 0. The number of hydrogen-bond acceptors (Lipinski definition) is 3. The smallest absolute Gasteiger partial charge is 0.0109 e. The van der Waals surface area contributed by atoms with Crippen molar-refractivity contribution in [2.75, 3.05) is 46.8 Å². The fraction of sp³-hybridized carbons (Fsp3) is 1.00. The van der Waals surface area contributed by atoms with E-state index in [1.807, 2.05) is 0 Å². The SMILES string of the molecule is CCCN(CCCCC(C)NCC)CCN(C)C. The molecule has 0 aliphatic carbocycles. The highest BCUT2D eigenvalue weighted by atomic mass is 15.2. The Morgan fingerprint density at radius 2 is 1.67 bits per heavy atom. The van der Waals surface area contributed by atoms with Gasteiger partial charge in [-0.1, -0.05) is 20.3 Å². The summed E-state index contributed by atoms with van der Waals surface area (Å²) in [6, 6.07) is 0.677. The zero-order valence-corrected chi connectivity index (χ0v) is 13.3. The standard InChI is InChI=1S/C15H35N3/c1-6-11-18(14-13-17(4)5)12-9-8-10-15(3)16-7-2/h15-16H,6-14H2,1-5H3. The van der Waals surface area contributed by atoms with Crippen LogP contribution in [0.3, 0.4) is 0 Å². The molecule has 3 nitrogen and oxygen atoms in total. The van der Waals surface area contributed by atoms with E-state index in [0.717, 1.165) is 6.54 Å².